The lowest BCUT2D eigenvalue weighted by Gasteiger charge is -2.20. The first-order valence-corrected chi connectivity index (χ1v) is 11.5. The van der Waals surface area contributed by atoms with Crippen molar-refractivity contribution in [1.82, 2.24) is 4.98 Å². The summed E-state index contributed by atoms with van der Waals surface area (Å²) in [5.41, 5.74) is 3.06. The highest BCUT2D eigenvalue weighted by molar-refractivity contribution is 7.98. The van der Waals surface area contributed by atoms with Crippen LogP contribution in [-0.4, -0.2) is 22.9 Å². The van der Waals surface area contributed by atoms with Crippen LogP contribution in [-0.2, 0) is 6.54 Å². The fourth-order valence-electron chi connectivity index (χ4n) is 3.19. The van der Waals surface area contributed by atoms with Crippen molar-refractivity contribution < 1.29 is 9.59 Å². The third-order valence-electron chi connectivity index (χ3n) is 4.79. The number of carbonyl (C=O) groups is 2. The van der Waals surface area contributed by atoms with Crippen LogP contribution in [0.15, 0.2) is 77.7 Å². The summed E-state index contributed by atoms with van der Waals surface area (Å²) < 4.78 is 1.05. The minimum absolute atomic E-state index is 0.0223. The zero-order valence-electron chi connectivity index (χ0n) is 16.7. The summed E-state index contributed by atoms with van der Waals surface area (Å²) in [5.74, 6) is -0.162. The van der Waals surface area contributed by atoms with Gasteiger partial charge in [0.15, 0.2) is 10.9 Å². The predicted octanol–water partition coefficient (Wildman–Crippen LogP) is 6.07. The molecule has 3 aromatic carbocycles. The number of Topliss-reactive ketones (excluding diaryl/α,β-unsaturated/α-hetero) is 1. The number of fused-ring (bicyclic) bond motifs is 1. The average Bonchev–Trinajstić information content (AvgIpc) is 3.22. The zero-order chi connectivity index (χ0) is 21.1. The van der Waals surface area contributed by atoms with Crippen molar-refractivity contribution in [2.45, 2.75) is 18.4 Å². The molecule has 0 fully saturated rings. The number of amides is 1. The van der Waals surface area contributed by atoms with Crippen molar-refractivity contribution in [2.24, 2.45) is 0 Å². The van der Waals surface area contributed by atoms with Gasteiger partial charge in [-0.05, 0) is 43.0 Å². The molecule has 1 heterocycles. The van der Waals surface area contributed by atoms with Crippen molar-refractivity contribution in [1.29, 1.82) is 0 Å². The molecule has 30 heavy (non-hydrogen) atoms. The molecule has 0 N–H and O–H groups in total. The Bertz CT molecular complexity index is 1200. The first-order chi connectivity index (χ1) is 14.6. The second-order valence-corrected chi connectivity index (χ2v) is 8.67. The van der Waals surface area contributed by atoms with Crippen LogP contribution in [0.4, 0.5) is 5.13 Å². The average molecular weight is 433 g/mol. The highest BCUT2D eigenvalue weighted by atomic mass is 32.2. The molecule has 4 aromatic rings. The summed E-state index contributed by atoms with van der Waals surface area (Å²) >= 11 is 3.16. The number of hydrogen-bond acceptors (Lipinski definition) is 5. The Morgan fingerprint density at radius 1 is 0.933 bits per heavy atom. The molecule has 0 saturated carbocycles. The molecule has 0 spiro atoms. The molecule has 0 aliphatic heterocycles. The molecular formula is C24H20N2O2S2. The minimum Gasteiger partial charge on any atom is -0.295 e. The van der Waals surface area contributed by atoms with Crippen molar-refractivity contribution in [3.63, 3.8) is 0 Å². The monoisotopic (exact) mass is 432 g/mol. The van der Waals surface area contributed by atoms with Gasteiger partial charge in [-0.3, -0.25) is 14.5 Å². The molecule has 4 nitrogen and oxygen atoms in total. The Hall–Kier alpha value is -2.96. The highest BCUT2D eigenvalue weighted by Gasteiger charge is 2.22. The van der Waals surface area contributed by atoms with Gasteiger partial charge in [0.2, 0.25) is 0 Å². The van der Waals surface area contributed by atoms with Crippen LogP contribution >= 0.6 is 23.1 Å². The Balaban J connectivity index is 1.76. The molecule has 6 heteroatoms. The van der Waals surface area contributed by atoms with E-state index in [-0.39, 0.29) is 11.7 Å². The standard InChI is InChI=1S/C24H20N2O2S2/c1-16(27)18-11-13-19(14-12-18)23(28)26(15-17-7-4-3-5-8-17)24-25-22-20(29-2)9-6-10-21(22)30-24/h3-14H,15H2,1-2H3. The van der Waals surface area contributed by atoms with E-state index in [0.29, 0.717) is 22.8 Å². The SMILES string of the molecule is CSc1cccc2sc(N(Cc3ccccc3)C(=O)c3ccc(C(C)=O)cc3)nc12. The quantitative estimate of drug-likeness (QED) is 0.274. The summed E-state index contributed by atoms with van der Waals surface area (Å²) in [6.45, 7) is 1.94. The van der Waals surface area contributed by atoms with E-state index in [1.54, 1.807) is 40.9 Å². The van der Waals surface area contributed by atoms with Crippen molar-refractivity contribution in [2.75, 3.05) is 11.2 Å². The maximum atomic E-state index is 13.5. The predicted molar refractivity (Wildman–Crippen MR) is 125 cm³/mol. The van der Waals surface area contributed by atoms with Gasteiger partial charge in [-0.15, -0.1) is 11.8 Å². The molecule has 0 aliphatic carbocycles. The fourth-order valence-corrected chi connectivity index (χ4v) is 4.81. The smallest absolute Gasteiger partial charge is 0.260 e. The van der Waals surface area contributed by atoms with Crippen LogP contribution in [0.3, 0.4) is 0 Å². The Morgan fingerprint density at radius 3 is 2.30 bits per heavy atom. The number of aromatic nitrogens is 1. The second-order valence-electron chi connectivity index (χ2n) is 6.81. The third kappa shape index (κ3) is 4.15. The van der Waals surface area contributed by atoms with Crippen molar-refractivity contribution in [3.8, 4) is 0 Å². The molecule has 4 rings (SSSR count). The largest absolute Gasteiger partial charge is 0.295 e. The molecule has 0 radical (unpaired) electrons. The number of para-hydroxylation sites is 1. The Labute approximate surface area is 183 Å². The lowest BCUT2D eigenvalue weighted by Crippen LogP contribution is -2.30. The van der Waals surface area contributed by atoms with E-state index in [1.165, 1.54) is 18.3 Å². The second kappa shape index (κ2) is 8.81. The van der Waals surface area contributed by atoms with Gasteiger partial charge in [0.25, 0.3) is 5.91 Å². The molecule has 0 aliphatic rings. The van der Waals surface area contributed by atoms with Gasteiger partial charge in [0.05, 0.1) is 16.8 Å². The van der Waals surface area contributed by atoms with Crippen molar-refractivity contribution >= 4 is 50.1 Å². The van der Waals surface area contributed by atoms with E-state index in [4.69, 9.17) is 4.98 Å². The first-order valence-electron chi connectivity index (χ1n) is 9.47. The lowest BCUT2D eigenvalue weighted by molar-refractivity contribution is 0.0981. The summed E-state index contributed by atoms with van der Waals surface area (Å²) in [6.07, 6.45) is 2.03. The van der Waals surface area contributed by atoms with Gasteiger partial charge in [-0.1, -0.05) is 59.9 Å². The summed E-state index contributed by atoms with van der Waals surface area (Å²) in [7, 11) is 0. The topological polar surface area (TPSA) is 50.3 Å². The number of hydrogen-bond donors (Lipinski definition) is 0. The highest BCUT2D eigenvalue weighted by Crippen LogP contribution is 2.35. The van der Waals surface area contributed by atoms with Crippen LogP contribution in [0.1, 0.15) is 33.2 Å². The normalized spacial score (nSPS) is 10.9. The first kappa shape index (κ1) is 20.3. The number of nitrogens with zero attached hydrogens (tertiary/aromatic N) is 2. The van der Waals surface area contributed by atoms with Gasteiger partial charge >= 0.3 is 0 Å². The number of anilines is 1. The van der Waals surface area contributed by atoms with E-state index >= 15 is 0 Å². The molecule has 0 saturated heterocycles. The van der Waals surface area contributed by atoms with E-state index < -0.39 is 0 Å². The molecular weight excluding hydrogens is 412 g/mol. The molecule has 0 unspecified atom stereocenters. The molecule has 0 atom stereocenters. The van der Waals surface area contributed by atoms with E-state index in [9.17, 15) is 9.59 Å². The summed E-state index contributed by atoms with van der Waals surface area (Å²) in [5, 5.41) is 0.663. The van der Waals surface area contributed by atoms with E-state index in [2.05, 4.69) is 0 Å². The summed E-state index contributed by atoms with van der Waals surface area (Å²) in [4.78, 5) is 32.7. The third-order valence-corrected chi connectivity index (χ3v) is 6.60. The Kier molecular flexibility index (Phi) is 5.97. The lowest BCUT2D eigenvalue weighted by atomic mass is 10.1. The van der Waals surface area contributed by atoms with Gasteiger partial charge in [0, 0.05) is 16.0 Å². The van der Waals surface area contributed by atoms with Gasteiger partial charge < -0.3 is 0 Å². The van der Waals surface area contributed by atoms with E-state index in [0.717, 1.165) is 20.7 Å². The Morgan fingerprint density at radius 2 is 1.63 bits per heavy atom. The van der Waals surface area contributed by atoms with Gasteiger partial charge in [-0.25, -0.2) is 4.98 Å². The molecule has 1 amide bonds. The number of thiazole rings is 1. The van der Waals surface area contributed by atoms with E-state index in [1.807, 2.05) is 54.8 Å². The van der Waals surface area contributed by atoms with Gasteiger partial charge in [-0.2, -0.15) is 0 Å². The molecule has 150 valence electrons. The maximum absolute atomic E-state index is 13.5. The van der Waals surface area contributed by atoms with Crippen LogP contribution < -0.4 is 4.90 Å². The summed E-state index contributed by atoms with van der Waals surface area (Å²) in [6, 6.07) is 22.8. The molecule has 1 aromatic heterocycles. The van der Waals surface area contributed by atoms with Crippen LogP contribution in [0.25, 0.3) is 10.2 Å². The molecule has 0 bridgehead atoms. The van der Waals surface area contributed by atoms with Crippen LogP contribution in [0, 0.1) is 0 Å². The maximum Gasteiger partial charge on any atom is 0.260 e. The number of carbonyl (C=O) groups excluding carboxylic acids is 2. The van der Waals surface area contributed by atoms with Crippen molar-refractivity contribution in [3.05, 3.63) is 89.5 Å². The minimum atomic E-state index is -0.140. The zero-order valence-corrected chi connectivity index (χ0v) is 18.3. The number of rotatable bonds is 6. The van der Waals surface area contributed by atoms with Crippen LogP contribution in [0.5, 0.6) is 0 Å². The van der Waals surface area contributed by atoms with Gasteiger partial charge in [0.1, 0.15) is 0 Å². The van der Waals surface area contributed by atoms with Crippen LogP contribution in [0.2, 0.25) is 0 Å². The number of benzene rings is 3. The number of thioether (sulfide) groups is 1. The fraction of sp³-hybridized carbons (Fsp3) is 0.125. The number of ketones is 1.